The first-order valence-electron chi connectivity index (χ1n) is 8.42. The van der Waals surface area contributed by atoms with Crippen molar-refractivity contribution < 1.29 is 14.0 Å². The van der Waals surface area contributed by atoms with Crippen LogP contribution in [0.25, 0.3) is 0 Å². The third-order valence-electron chi connectivity index (χ3n) is 4.07. The highest BCUT2D eigenvalue weighted by Gasteiger charge is 2.11. The fourth-order valence-electron chi connectivity index (χ4n) is 2.58. The molecule has 3 rings (SSSR count). The number of nitrogen functional groups attached to an aromatic ring is 1. The maximum Gasteiger partial charge on any atom is 0.255 e. The van der Waals surface area contributed by atoms with E-state index in [1.54, 1.807) is 30.5 Å². The van der Waals surface area contributed by atoms with Crippen molar-refractivity contribution in [2.24, 2.45) is 0 Å². The lowest BCUT2D eigenvalue weighted by Crippen LogP contribution is -2.13. The zero-order chi connectivity index (χ0) is 19.2. The van der Waals surface area contributed by atoms with Crippen LogP contribution in [0.1, 0.15) is 32.8 Å². The SMILES string of the molecule is Nc1cc(F)ccc1NC(=O)c1ccc(C(=O)CCc2ccccn2)cc1. The highest BCUT2D eigenvalue weighted by atomic mass is 19.1. The van der Waals surface area contributed by atoms with Crippen LogP contribution in [0, 0.1) is 5.82 Å². The highest BCUT2D eigenvalue weighted by Crippen LogP contribution is 2.20. The third kappa shape index (κ3) is 4.76. The van der Waals surface area contributed by atoms with Gasteiger partial charge >= 0.3 is 0 Å². The standard InChI is InChI=1S/C21H18FN3O2/c22-16-8-10-19(18(23)13-16)25-21(27)15-6-4-14(5-7-15)20(26)11-9-17-3-1-2-12-24-17/h1-8,10,12-13H,9,11,23H2,(H,25,27). The van der Waals surface area contributed by atoms with Crippen LogP contribution < -0.4 is 11.1 Å². The Morgan fingerprint density at radius 1 is 1.00 bits per heavy atom. The van der Waals surface area contributed by atoms with E-state index in [0.717, 1.165) is 11.8 Å². The molecule has 1 aromatic heterocycles. The molecular formula is C21H18FN3O2. The summed E-state index contributed by atoms with van der Waals surface area (Å²) >= 11 is 0. The fraction of sp³-hybridized carbons (Fsp3) is 0.0952. The number of aromatic nitrogens is 1. The highest BCUT2D eigenvalue weighted by molar-refractivity contribution is 6.06. The van der Waals surface area contributed by atoms with Crippen LogP contribution >= 0.6 is 0 Å². The van der Waals surface area contributed by atoms with Crippen molar-refractivity contribution in [3.63, 3.8) is 0 Å². The topological polar surface area (TPSA) is 85.1 Å². The smallest absolute Gasteiger partial charge is 0.255 e. The van der Waals surface area contributed by atoms with E-state index in [-0.39, 0.29) is 17.4 Å². The van der Waals surface area contributed by atoms with Gasteiger partial charge in [-0.1, -0.05) is 18.2 Å². The van der Waals surface area contributed by atoms with E-state index in [1.165, 1.54) is 12.1 Å². The quantitative estimate of drug-likeness (QED) is 0.514. The molecule has 2 aromatic carbocycles. The van der Waals surface area contributed by atoms with E-state index in [9.17, 15) is 14.0 Å². The number of nitrogens with one attached hydrogen (secondary N) is 1. The first-order valence-corrected chi connectivity index (χ1v) is 8.42. The number of ketones is 1. The minimum atomic E-state index is -0.473. The van der Waals surface area contributed by atoms with Crippen molar-refractivity contribution in [2.75, 3.05) is 11.1 Å². The van der Waals surface area contributed by atoms with Gasteiger partial charge in [0.25, 0.3) is 5.91 Å². The number of aryl methyl sites for hydroxylation is 1. The molecule has 136 valence electrons. The molecule has 0 atom stereocenters. The summed E-state index contributed by atoms with van der Waals surface area (Å²) in [6, 6.07) is 15.7. The number of anilines is 2. The molecule has 3 N–H and O–H groups in total. The molecule has 27 heavy (non-hydrogen) atoms. The predicted molar refractivity (Wildman–Crippen MR) is 102 cm³/mol. The number of Topliss-reactive ketones (excluding diaryl/α,β-unsaturated/α-hetero) is 1. The Kier molecular flexibility index (Phi) is 5.56. The maximum absolute atomic E-state index is 13.1. The summed E-state index contributed by atoms with van der Waals surface area (Å²) in [5, 5.41) is 2.63. The van der Waals surface area contributed by atoms with Gasteiger partial charge in [0.15, 0.2) is 5.78 Å². The molecule has 5 nitrogen and oxygen atoms in total. The lowest BCUT2D eigenvalue weighted by molar-refractivity contribution is 0.0979. The van der Waals surface area contributed by atoms with Crippen molar-refractivity contribution in [3.05, 3.63) is 89.5 Å². The van der Waals surface area contributed by atoms with Crippen molar-refractivity contribution >= 4 is 23.1 Å². The molecule has 0 radical (unpaired) electrons. The second kappa shape index (κ2) is 8.23. The first-order chi connectivity index (χ1) is 13.0. The monoisotopic (exact) mass is 363 g/mol. The van der Waals surface area contributed by atoms with Crippen LogP contribution in [0.15, 0.2) is 66.9 Å². The summed E-state index contributed by atoms with van der Waals surface area (Å²) in [6.45, 7) is 0. The molecular weight excluding hydrogens is 345 g/mol. The normalized spacial score (nSPS) is 10.4. The Labute approximate surface area is 156 Å². The molecule has 0 bridgehead atoms. The van der Waals surface area contributed by atoms with Gasteiger partial charge in [-0.3, -0.25) is 14.6 Å². The molecule has 0 aliphatic rings. The summed E-state index contributed by atoms with van der Waals surface area (Å²) < 4.78 is 13.1. The van der Waals surface area contributed by atoms with Crippen LogP contribution in [-0.2, 0) is 6.42 Å². The lowest BCUT2D eigenvalue weighted by Gasteiger charge is -2.08. The minimum Gasteiger partial charge on any atom is -0.397 e. The van der Waals surface area contributed by atoms with Gasteiger partial charge in [0, 0.05) is 29.4 Å². The van der Waals surface area contributed by atoms with Gasteiger partial charge in [-0.15, -0.1) is 0 Å². The summed E-state index contributed by atoms with van der Waals surface area (Å²) in [4.78, 5) is 28.8. The number of amides is 1. The first kappa shape index (κ1) is 18.3. The zero-order valence-corrected chi connectivity index (χ0v) is 14.5. The average molecular weight is 363 g/mol. The van der Waals surface area contributed by atoms with Gasteiger partial charge in [-0.25, -0.2) is 4.39 Å². The molecule has 0 saturated heterocycles. The van der Waals surface area contributed by atoms with Crippen LogP contribution in [0.5, 0.6) is 0 Å². The molecule has 0 unspecified atom stereocenters. The number of benzene rings is 2. The van der Waals surface area contributed by atoms with E-state index in [4.69, 9.17) is 5.73 Å². The molecule has 0 aliphatic heterocycles. The van der Waals surface area contributed by atoms with Gasteiger partial charge in [-0.2, -0.15) is 0 Å². The molecule has 3 aromatic rings. The van der Waals surface area contributed by atoms with Crippen molar-refractivity contribution in [2.45, 2.75) is 12.8 Å². The second-order valence-electron chi connectivity index (χ2n) is 6.01. The Hall–Kier alpha value is -3.54. The molecule has 1 heterocycles. The Morgan fingerprint density at radius 2 is 1.74 bits per heavy atom. The van der Waals surface area contributed by atoms with E-state index in [1.807, 2.05) is 18.2 Å². The average Bonchev–Trinajstić information content (AvgIpc) is 2.69. The number of halogens is 1. The summed E-state index contributed by atoms with van der Waals surface area (Å²) in [6.07, 6.45) is 2.60. The number of nitrogens with zero attached hydrogens (tertiary/aromatic N) is 1. The van der Waals surface area contributed by atoms with E-state index >= 15 is 0 Å². The minimum absolute atomic E-state index is 0.0182. The van der Waals surface area contributed by atoms with Crippen LogP contribution in [0.2, 0.25) is 0 Å². The Morgan fingerprint density at radius 3 is 2.41 bits per heavy atom. The Bertz CT molecular complexity index is 957. The van der Waals surface area contributed by atoms with Gasteiger partial charge in [0.2, 0.25) is 0 Å². The van der Waals surface area contributed by atoms with Gasteiger partial charge < -0.3 is 11.1 Å². The zero-order valence-electron chi connectivity index (χ0n) is 14.5. The largest absolute Gasteiger partial charge is 0.397 e. The molecule has 1 amide bonds. The number of nitrogens with two attached hydrogens (primary N) is 1. The number of pyridine rings is 1. The van der Waals surface area contributed by atoms with Crippen molar-refractivity contribution in [3.8, 4) is 0 Å². The van der Waals surface area contributed by atoms with E-state index < -0.39 is 5.82 Å². The van der Waals surface area contributed by atoms with Gasteiger partial charge in [0.05, 0.1) is 11.4 Å². The summed E-state index contributed by atoms with van der Waals surface area (Å²) in [7, 11) is 0. The molecule has 0 aliphatic carbocycles. The van der Waals surface area contributed by atoms with Gasteiger partial charge in [-0.05, 0) is 48.9 Å². The van der Waals surface area contributed by atoms with E-state index in [2.05, 4.69) is 10.3 Å². The molecule has 0 saturated carbocycles. The number of carbonyl (C=O) groups excluding carboxylic acids is 2. The summed E-state index contributed by atoms with van der Waals surface area (Å²) in [5.41, 5.74) is 7.93. The number of hydrogen-bond acceptors (Lipinski definition) is 4. The second-order valence-corrected chi connectivity index (χ2v) is 6.01. The maximum atomic E-state index is 13.1. The molecule has 0 fully saturated rings. The van der Waals surface area contributed by atoms with E-state index in [0.29, 0.717) is 29.7 Å². The number of hydrogen-bond donors (Lipinski definition) is 2. The van der Waals surface area contributed by atoms with Crippen LogP contribution in [-0.4, -0.2) is 16.7 Å². The van der Waals surface area contributed by atoms with Crippen LogP contribution in [0.3, 0.4) is 0 Å². The fourth-order valence-corrected chi connectivity index (χ4v) is 2.58. The summed E-state index contributed by atoms with van der Waals surface area (Å²) in [5.74, 6) is -0.879. The predicted octanol–water partition coefficient (Wildman–Crippen LogP) is 3.87. The number of carbonyl (C=O) groups is 2. The van der Waals surface area contributed by atoms with Crippen LogP contribution in [0.4, 0.5) is 15.8 Å². The van der Waals surface area contributed by atoms with Crippen molar-refractivity contribution in [1.82, 2.24) is 4.98 Å². The van der Waals surface area contributed by atoms with Crippen molar-refractivity contribution in [1.29, 1.82) is 0 Å². The number of rotatable bonds is 6. The lowest BCUT2D eigenvalue weighted by atomic mass is 10.0. The molecule has 0 spiro atoms. The molecule has 6 heteroatoms. The Balaban J connectivity index is 1.62. The van der Waals surface area contributed by atoms with Gasteiger partial charge in [0.1, 0.15) is 5.82 Å². The third-order valence-corrected chi connectivity index (χ3v) is 4.07.